The molecule has 3 rings (SSSR count). The molecule has 3 aromatic rings. The van der Waals surface area contributed by atoms with E-state index >= 15 is 0 Å². The smallest absolute Gasteiger partial charge is 0.0604 e. The van der Waals surface area contributed by atoms with Crippen molar-refractivity contribution in [2.75, 3.05) is 0 Å². The van der Waals surface area contributed by atoms with Gasteiger partial charge in [0.15, 0.2) is 0 Å². The van der Waals surface area contributed by atoms with Crippen LogP contribution < -0.4 is 0 Å². The molecule has 0 unspecified atom stereocenters. The predicted molar refractivity (Wildman–Crippen MR) is 163 cm³/mol. The Morgan fingerprint density at radius 2 is 0.595 bits per heavy atom. The molecule has 188 valence electrons. The lowest BCUT2D eigenvalue weighted by molar-refractivity contribution is 0.590. The summed E-state index contributed by atoms with van der Waals surface area (Å²) in [6.07, 6.45) is 0. The minimum atomic E-state index is -1.11. The van der Waals surface area contributed by atoms with Gasteiger partial charge >= 0.3 is 0 Å². The molecular weight excluding hydrogens is 463 g/mol. The van der Waals surface area contributed by atoms with Gasteiger partial charge in [0.2, 0.25) is 0 Å². The van der Waals surface area contributed by atoms with Gasteiger partial charge in [-0.1, -0.05) is 116 Å². The van der Waals surface area contributed by atoms with E-state index in [2.05, 4.69) is 170 Å². The van der Waals surface area contributed by atoms with Gasteiger partial charge < -0.3 is 0 Å². The Morgan fingerprint density at radius 3 is 0.784 bits per heavy atom. The lowest BCUT2D eigenvalue weighted by atomic mass is 9.87. The number of hydrogen-bond acceptors (Lipinski definition) is 0. The Balaban J connectivity index is 1.91. The molecule has 0 radical (unpaired) electrons. The monoisotopic (exact) mass is 502 g/mol. The van der Waals surface area contributed by atoms with E-state index < -0.39 is 7.92 Å². The molecule has 0 heterocycles. The molecule has 0 saturated heterocycles. The van der Waals surface area contributed by atoms with Crippen molar-refractivity contribution in [2.45, 2.75) is 78.6 Å². The van der Waals surface area contributed by atoms with Crippen LogP contribution in [0.1, 0.15) is 95.7 Å². The van der Waals surface area contributed by atoms with E-state index in [-0.39, 0.29) is 16.2 Å². The normalized spacial score (nSPS) is 11.5. The topological polar surface area (TPSA) is 0 Å². The van der Waals surface area contributed by atoms with Gasteiger partial charge in [-0.05, 0) is 86.3 Å². The Morgan fingerprint density at radius 1 is 0.378 bits per heavy atom. The Bertz CT molecular complexity index is 1200. The van der Waals surface area contributed by atoms with E-state index in [1.165, 1.54) is 16.7 Å². The van der Waals surface area contributed by atoms with Crippen LogP contribution in [0.4, 0.5) is 0 Å². The fraction of sp³-hybridized carbons (Fsp3) is 0.333. The highest BCUT2D eigenvalue weighted by molar-refractivity contribution is 7.72. The summed E-state index contributed by atoms with van der Waals surface area (Å²) in [5, 5.41) is 0. The molecule has 0 bridgehead atoms. The van der Waals surface area contributed by atoms with E-state index in [1.807, 2.05) is 0 Å². The van der Waals surface area contributed by atoms with E-state index in [0.29, 0.717) is 0 Å². The SMILES string of the molecule is CC(C)(C)c1ccc(C#CP(C#Cc2ccc(C(C)(C)C)cc2)C#Cc2ccc(C(C)(C)C)cc2)cc1. The first-order chi connectivity index (χ1) is 17.2. The van der Waals surface area contributed by atoms with Crippen molar-refractivity contribution in [1.29, 1.82) is 0 Å². The third-order valence-corrected chi connectivity index (χ3v) is 7.20. The maximum absolute atomic E-state index is 3.37. The molecule has 0 amide bonds. The molecule has 0 fully saturated rings. The molecule has 0 atom stereocenters. The summed E-state index contributed by atoms with van der Waals surface area (Å²) in [4.78, 5) is 0. The average Bonchev–Trinajstić information content (AvgIpc) is 2.82. The van der Waals surface area contributed by atoms with Gasteiger partial charge in [0.05, 0.1) is 0 Å². The fourth-order valence-corrected chi connectivity index (χ4v) is 4.50. The number of hydrogen-bond donors (Lipinski definition) is 0. The molecule has 0 N–H and O–H groups in total. The molecule has 0 aliphatic carbocycles. The van der Waals surface area contributed by atoms with Crippen LogP contribution in [0, 0.1) is 34.7 Å². The van der Waals surface area contributed by atoms with E-state index in [9.17, 15) is 0 Å². The van der Waals surface area contributed by atoms with Crippen LogP contribution in [0.2, 0.25) is 0 Å². The van der Waals surface area contributed by atoms with Crippen molar-refractivity contribution in [3.63, 3.8) is 0 Å². The molecule has 0 saturated carbocycles. The third kappa shape index (κ3) is 8.68. The average molecular weight is 503 g/mol. The first kappa shape index (κ1) is 28.3. The summed E-state index contributed by atoms with van der Waals surface area (Å²) >= 11 is 0. The highest BCUT2D eigenvalue weighted by Crippen LogP contribution is 2.32. The second kappa shape index (κ2) is 11.4. The maximum atomic E-state index is 3.37. The van der Waals surface area contributed by atoms with Gasteiger partial charge in [0, 0.05) is 16.7 Å². The minimum Gasteiger partial charge on any atom is -0.0604 e. The van der Waals surface area contributed by atoms with Gasteiger partial charge in [-0.2, -0.15) is 0 Å². The van der Waals surface area contributed by atoms with Gasteiger partial charge in [-0.3, -0.25) is 0 Å². The van der Waals surface area contributed by atoms with Gasteiger partial charge in [0.1, 0.15) is 7.92 Å². The standard InChI is InChI=1S/C36H39P/c1-34(2,3)31-16-10-28(11-17-31)22-25-37(26-23-29-12-18-32(19-13-29)35(4,5)6)27-24-30-14-20-33(21-15-30)36(7,8)9/h10-21H,1-9H3. The molecule has 37 heavy (non-hydrogen) atoms. The molecule has 0 aromatic heterocycles. The minimum absolute atomic E-state index is 0.126. The van der Waals surface area contributed by atoms with Crippen LogP contribution in [-0.4, -0.2) is 0 Å². The quantitative estimate of drug-likeness (QED) is 0.212. The van der Waals surface area contributed by atoms with Crippen LogP contribution in [0.5, 0.6) is 0 Å². The molecule has 1 heteroatoms. The molecular formula is C36H39P. The Kier molecular flexibility index (Phi) is 8.76. The van der Waals surface area contributed by atoms with Crippen molar-refractivity contribution < 1.29 is 0 Å². The van der Waals surface area contributed by atoms with Crippen molar-refractivity contribution in [2.24, 2.45) is 0 Å². The number of benzene rings is 3. The number of rotatable bonds is 0. The summed E-state index contributed by atoms with van der Waals surface area (Å²) in [6.45, 7) is 20.0. The molecule has 0 aliphatic heterocycles. The summed E-state index contributed by atoms with van der Waals surface area (Å²) in [6, 6.07) is 25.6. The summed E-state index contributed by atoms with van der Waals surface area (Å²) in [7, 11) is -1.11. The molecule has 0 nitrogen and oxygen atoms in total. The third-order valence-electron chi connectivity index (χ3n) is 6.19. The zero-order chi connectivity index (χ0) is 27.3. The van der Waals surface area contributed by atoms with Crippen molar-refractivity contribution in [3.05, 3.63) is 106 Å². The zero-order valence-electron chi connectivity index (χ0n) is 23.9. The van der Waals surface area contributed by atoms with Crippen LogP contribution in [0.3, 0.4) is 0 Å². The van der Waals surface area contributed by atoms with Crippen molar-refractivity contribution in [1.82, 2.24) is 0 Å². The second-order valence-corrected chi connectivity index (χ2v) is 13.9. The highest BCUT2D eigenvalue weighted by atomic mass is 31.1. The molecule has 3 aromatic carbocycles. The van der Waals surface area contributed by atoms with Crippen LogP contribution in [-0.2, 0) is 16.2 Å². The zero-order valence-corrected chi connectivity index (χ0v) is 24.8. The first-order valence-electron chi connectivity index (χ1n) is 12.9. The lowest BCUT2D eigenvalue weighted by Crippen LogP contribution is -2.10. The van der Waals surface area contributed by atoms with E-state index in [4.69, 9.17) is 0 Å². The summed E-state index contributed by atoms with van der Waals surface area (Å²) in [5.74, 6) is 9.98. The fourth-order valence-electron chi connectivity index (χ4n) is 3.61. The van der Waals surface area contributed by atoms with Crippen LogP contribution >= 0.6 is 7.92 Å². The molecule has 0 spiro atoms. The largest absolute Gasteiger partial charge is 0.128 e. The van der Waals surface area contributed by atoms with E-state index in [1.54, 1.807) is 0 Å². The summed E-state index contributed by atoms with van der Waals surface area (Å²) in [5.41, 5.74) is 17.4. The van der Waals surface area contributed by atoms with Gasteiger partial charge in [0.25, 0.3) is 0 Å². The van der Waals surface area contributed by atoms with Crippen LogP contribution in [0.15, 0.2) is 72.8 Å². The Hall–Kier alpha value is -3.23. The first-order valence-corrected chi connectivity index (χ1v) is 14.2. The maximum Gasteiger partial charge on any atom is 0.128 e. The summed E-state index contributed by atoms with van der Waals surface area (Å²) < 4.78 is 0. The lowest BCUT2D eigenvalue weighted by Gasteiger charge is -2.18. The highest BCUT2D eigenvalue weighted by Gasteiger charge is 2.14. The van der Waals surface area contributed by atoms with Gasteiger partial charge in [-0.15, -0.1) is 0 Å². The Labute approximate surface area is 227 Å². The van der Waals surface area contributed by atoms with E-state index in [0.717, 1.165) is 16.7 Å². The van der Waals surface area contributed by atoms with Gasteiger partial charge in [-0.25, -0.2) is 0 Å². The predicted octanol–water partition coefficient (Wildman–Crippen LogP) is 9.39. The van der Waals surface area contributed by atoms with Crippen molar-refractivity contribution >= 4 is 7.92 Å². The second-order valence-electron chi connectivity index (χ2n) is 12.5. The van der Waals surface area contributed by atoms with Crippen molar-refractivity contribution in [3.8, 4) is 34.7 Å². The van der Waals surface area contributed by atoms with Crippen LogP contribution in [0.25, 0.3) is 0 Å². The molecule has 0 aliphatic rings.